The van der Waals surface area contributed by atoms with Crippen molar-refractivity contribution in [3.05, 3.63) is 47.9 Å². The lowest BCUT2D eigenvalue weighted by Gasteiger charge is -2.19. The van der Waals surface area contributed by atoms with Crippen molar-refractivity contribution in [3.8, 4) is 0 Å². The maximum absolute atomic E-state index is 12.8. The number of nitrogens with one attached hydrogen (secondary N) is 1. The third kappa shape index (κ3) is 3.66. The number of benzene rings is 1. The van der Waals surface area contributed by atoms with Gasteiger partial charge >= 0.3 is 0 Å². The van der Waals surface area contributed by atoms with E-state index in [1.807, 2.05) is 12.1 Å². The number of aromatic nitrogens is 1. The van der Waals surface area contributed by atoms with Crippen LogP contribution in [-0.2, 0) is 0 Å². The highest BCUT2D eigenvalue weighted by atomic mass is 32.1. The number of carbonyl (C=O) groups excluding carboxylic acids is 1. The first-order valence-electron chi connectivity index (χ1n) is 8.06. The number of fused-ring (bicyclic) bond motifs is 1. The van der Waals surface area contributed by atoms with Crippen molar-refractivity contribution in [2.24, 2.45) is 0 Å². The van der Waals surface area contributed by atoms with Gasteiger partial charge in [-0.2, -0.15) is 0 Å². The highest BCUT2D eigenvalue weighted by molar-refractivity contribution is 7.22. The number of thiazole rings is 1. The summed E-state index contributed by atoms with van der Waals surface area (Å²) in [4.78, 5) is 20.6. The minimum atomic E-state index is -0.135. The smallest absolute Gasteiger partial charge is 0.295 e. The lowest BCUT2D eigenvalue weighted by molar-refractivity contribution is -0.858. The molecule has 24 heavy (non-hydrogen) atoms. The SMILES string of the molecule is Cc1ccc2nc(N(CCC[NH+](C)C)C(=O)c3ccco3)sc2c1. The van der Waals surface area contributed by atoms with E-state index in [-0.39, 0.29) is 5.91 Å². The van der Waals surface area contributed by atoms with Crippen molar-refractivity contribution in [1.29, 1.82) is 0 Å². The molecule has 0 fully saturated rings. The molecule has 1 amide bonds. The number of amides is 1. The second-order valence-corrected chi connectivity index (χ2v) is 7.22. The number of aryl methyl sites for hydroxylation is 1. The number of anilines is 1. The Morgan fingerprint density at radius 1 is 1.33 bits per heavy atom. The van der Waals surface area contributed by atoms with E-state index in [1.165, 1.54) is 16.7 Å². The van der Waals surface area contributed by atoms with E-state index in [9.17, 15) is 4.79 Å². The van der Waals surface area contributed by atoms with Crippen LogP contribution in [0.2, 0.25) is 0 Å². The van der Waals surface area contributed by atoms with E-state index in [0.29, 0.717) is 12.3 Å². The topological polar surface area (TPSA) is 50.8 Å². The average Bonchev–Trinajstić information content (AvgIpc) is 3.19. The first kappa shape index (κ1) is 16.7. The van der Waals surface area contributed by atoms with Crippen LogP contribution in [-0.4, -0.2) is 38.1 Å². The van der Waals surface area contributed by atoms with Crippen LogP contribution in [0.25, 0.3) is 10.2 Å². The zero-order valence-corrected chi connectivity index (χ0v) is 15.0. The minimum absolute atomic E-state index is 0.135. The van der Waals surface area contributed by atoms with Crippen molar-refractivity contribution >= 4 is 32.6 Å². The Kier molecular flexibility index (Phi) is 4.97. The van der Waals surface area contributed by atoms with E-state index >= 15 is 0 Å². The minimum Gasteiger partial charge on any atom is -0.459 e. The Morgan fingerprint density at radius 3 is 2.88 bits per heavy atom. The van der Waals surface area contributed by atoms with Gasteiger partial charge in [0.25, 0.3) is 5.91 Å². The van der Waals surface area contributed by atoms with Crippen LogP contribution in [0.4, 0.5) is 5.13 Å². The molecule has 5 nitrogen and oxygen atoms in total. The quantitative estimate of drug-likeness (QED) is 0.747. The molecule has 2 heterocycles. The van der Waals surface area contributed by atoms with Gasteiger partial charge in [-0.25, -0.2) is 4.98 Å². The molecule has 0 aliphatic heterocycles. The van der Waals surface area contributed by atoms with Gasteiger partial charge < -0.3 is 9.32 Å². The largest absolute Gasteiger partial charge is 0.459 e. The second-order valence-electron chi connectivity index (χ2n) is 6.21. The van der Waals surface area contributed by atoms with Gasteiger partial charge in [0, 0.05) is 13.0 Å². The molecule has 0 atom stereocenters. The highest BCUT2D eigenvalue weighted by Gasteiger charge is 2.23. The maximum atomic E-state index is 12.8. The Labute approximate surface area is 145 Å². The molecule has 0 saturated heterocycles. The van der Waals surface area contributed by atoms with Crippen LogP contribution in [0.3, 0.4) is 0 Å². The van der Waals surface area contributed by atoms with E-state index in [4.69, 9.17) is 4.42 Å². The van der Waals surface area contributed by atoms with Gasteiger partial charge in [0.05, 0.1) is 37.1 Å². The summed E-state index contributed by atoms with van der Waals surface area (Å²) in [6, 6.07) is 9.58. The number of nitrogens with zero attached hydrogens (tertiary/aromatic N) is 2. The fourth-order valence-electron chi connectivity index (χ4n) is 2.54. The van der Waals surface area contributed by atoms with E-state index in [0.717, 1.165) is 28.3 Å². The number of carbonyl (C=O) groups is 1. The maximum Gasteiger partial charge on any atom is 0.295 e. The Bertz CT molecular complexity index is 824. The molecule has 0 radical (unpaired) electrons. The zero-order valence-electron chi connectivity index (χ0n) is 14.2. The molecule has 3 aromatic rings. The molecule has 6 heteroatoms. The van der Waals surface area contributed by atoms with E-state index in [2.05, 4.69) is 32.1 Å². The van der Waals surface area contributed by atoms with Gasteiger partial charge in [-0.1, -0.05) is 17.4 Å². The van der Waals surface area contributed by atoms with E-state index in [1.54, 1.807) is 28.4 Å². The fraction of sp³-hybridized carbons (Fsp3) is 0.333. The van der Waals surface area contributed by atoms with Crippen molar-refractivity contribution in [2.75, 3.05) is 32.1 Å². The van der Waals surface area contributed by atoms with Gasteiger partial charge in [0.2, 0.25) is 0 Å². The van der Waals surface area contributed by atoms with Crippen LogP contribution in [0.5, 0.6) is 0 Å². The predicted molar refractivity (Wildman–Crippen MR) is 97.0 cm³/mol. The van der Waals surface area contributed by atoms with Gasteiger partial charge in [-0.3, -0.25) is 9.69 Å². The molecule has 0 bridgehead atoms. The lowest BCUT2D eigenvalue weighted by Crippen LogP contribution is -3.05. The third-order valence-corrected chi connectivity index (χ3v) is 4.84. The van der Waals surface area contributed by atoms with Gasteiger partial charge in [-0.15, -0.1) is 0 Å². The second kappa shape index (κ2) is 7.15. The van der Waals surface area contributed by atoms with Crippen LogP contribution < -0.4 is 9.80 Å². The Balaban J connectivity index is 1.91. The molecule has 3 rings (SSSR count). The van der Waals surface area contributed by atoms with Gasteiger partial charge in [-0.05, 0) is 36.8 Å². The summed E-state index contributed by atoms with van der Waals surface area (Å²) in [6.07, 6.45) is 2.43. The summed E-state index contributed by atoms with van der Waals surface area (Å²) in [5.41, 5.74) is 2.12. The zero-order chi connectivity index (χ0) is 17.1. The average molecular weight is 344 g/mol. The molecule has 2 aromatic heterocycles. The van der Waals surface area contributed by atoms with Gasteiger partial charge in [0.15, 0.2) is 10.9 Å². The van der Waals surface area contributed by atoms with Gasteiger partial charge in [0.1, 0.15) is 0 Å². The molecule has 126 valence electrons. The number of hydrogen-bond donors (Lipinski definition) is 1. The molecule has 0 aliphatic rings. The summed E-state index contributed by atoms with van der Waals surface area (Å²) in [6.45, 7) is 3.68. The predicted octanol–water partition coefficient (Wildman–Crippen LogP) is 2.38. The monoisotopic (exact) mass is 344 g/mol. The summed E-state index contributed by atoms with van der Waals surface area (Å²) in [5.74, 6) is 0.215. The van der Waals surface area contributed by atoms with E-state index < -0.39 is 0 Å². The molecule has 0 spiro atoms. The van der Waals surface area contributed by atoms with Crippen LogP contribution in [0.15, 0.2) is 41.0 Å². The number of furan rings is 1. The summed E-state index contributed by atoms with van der Waals surface area (Å²) in [7, 11) is 4.22. The summed E-state index contributed by atoms with van der Waals surface area (Å²) >= 11 is 1.55. The first-order valence-corrected chi connectivity index (χ1v) is 8.88. The standard InChI is InChI=1S/C18H21N3O2S/c1-13-7-8-14-16(12-13)24-18(19-14)21(10-5-9-20(2)3)17(22)15-6-4-11-23-15/h4,6-8,11-12H,5,9-10H2,1-3H3/p+1. The molecule has 0 aliphatic carbocycles. The van der Waals surface area contributed by atoms with Crippen molar-refractivity contribution in [2.45, 2.75) is 13.3 Å². The highest BCUT2D eigenvalue weighted by Crippen LogP contribution is 2.30. The molecule has 1 N–H and O–H groups in total. The van der Waals surface area contributed by atoms with Crippen molar-refractivity contribution in [3.63, 3.8) is 0 Å². The fourth-order valence-corrected chi connectivity index (χ4v) is 3.63. The molecule has 0 unspecified atom stereocenters. The van der Waals surface area contributed by atoms with Crippen LogP contribution >= 0.6 is 11.3 Å². The number of rotatable bonds is 6. The van der Waals surface area contributed by atoms with Crippen molar-refractivity contribution < 1.29 is 14.1 Å². The number of quaternary nitrogens is 1. The molecule has 0 saturated carbocycles. The Morgan fingerprint density at radius 2 is 2.17 bits per heavy atom. The van der Waals surface area contributed by atoms with Crippen LogP contribution in [0.1, 0.15) is 22.5 Å². The summed E-state index contributed by atoms with van der Waals surface area (Å²) in [5, 5.41) is 0.728. The van der Waals surface area contributed by atoms with Crippen molar-refractivity contribution in [1.82, 2.24) is 4.98 Å². The molecular weight excluding hydrogens is 322 g/mol. The molecular formula is C18H22N3O2S+. The van der Waals surface area contributed by atoms with Crippen LogP contribution in [0, 0.1) is 6.92 Å². The normalized spacial score (nSPS) is 11.3. The number of hydrogen-bond acceptors (Lipinski definition) is 4. The third-order valence-electron chi connectivity index (χ3n) is 3.80. The lowest BCUT2D eigenvalue weighted by atomic mass is 10.2. The first-order chi connectivity index (χ1) is 11.5. The molecule has 1 aromatic carbocycles. The Hall–Kier alpha value is -2.18. The summed E-state index contributed by atoms with van der Waals surface area (Å²) < 4.78 is 6.40.